The van der Waals surface area contributed by atoms with Gasteiger partial charge in [0.15, 0.2) is 13.2 Å². The minimum atomic E-state index is -0.550. The molecule has 0 radical (unpaired) electrons. The van der Waals surface area contributed by atoms with E-state index in [1.165, 1.54) is 11.1 Å². The van der Waals surface area contributed by atoms with E-state index in [2.05, 4.69) is 26.8 Å². The van der Waals surface area contributed by atoms with E-state index in [0.29, 0.717) is 18.8 Å². The molecule has 1 aliphatic heterocycles. The number of hydrogen-bond donors (Lipinski definition) is 0. The molecule has 148 valence electrons. The van der Waals surface area contributed by atoms with Crippen molar-refractivity contribution in [1.82, 2.24) is 4.90 Å². The lowest BCUT2D eigenvalue weighted by atomic mass is 9.87. The van der Waals surface area contributed by atoms with Crippen LogP contribution >= 0.6 is 0 Å². The summed E-state index contributed by atoms with van der Waals surface area (Å²) in [5.41, 5.74) is 3.67. The van der Waals surface area contributed by atoms with Crippen LogP contribution in [0, 0.1) is 0 Å². The molecule has 2 aromatic carbocycles. The van der Waals surface area contributed by atoms with Gasteiger partial charge in [0.2, 0.25) is 0 Å². The van der Waals surface area contributed by atoms with E-state index in [1.807, 2.05) is 42.5 Å². The van der Waals surface area contributed by atoms with Gasteiger partial charge in [-0.1, -0.05) is 57.2 Å². The summed E-state index contributed by atoms with van der Waals surface area (Å²) < 4.78 is 10.5. The molecule has 0 N–H and O–H groups in total. The van der Waals surface area contributed by atoms with Gasteiger partial charge in [0.25, 0.3) is 5.91 Å². The van der Waals surface area contributed by atoms with Crippen LogP contribution in [0.3, 0.4) is 0 Å². The zero-order valence-electron chi connectivity index (χ0n) is 16.7. The van der Waals surface area contributed by atoms with Crippen LogP contribution in [-0.2, 0) is 32.7 Å². The first-order chi connectivity index (χ1) is 13.3. The standard InChI is InChI=1S/C23H27NO4/c1-23(2,3)19-8-10-20(11-9-19)27-16-22(26)28-15-21(25)24-13-12-17-6-4-5-7-18(17)14-24/h4-11H,12-16H2,1-3H3. The zero-order chi connectivity index (χ0) is 20.1. The molecule has 5 heteroatoms. The predicted octanol–water partition coefficient (Wildman–Crippen LogP) is 3.49. The molecule has 0 fully saturated rings. The molecule has 3 rings (SSSR count). The Kier molecular flexibility index (Phi) is 6.02. The summed E-state index contributed by atoms with van der Waals surface area (Å²) in [6, 6.07) is 15.7. The van der Waals surface area contributed by atoms with Crippen LogP contribution < -0.4 is 4.74 Å². The average molecular weight is 381 g/mol. The van der Waals surface area contributed by atoms with Crippen LogP contribution in [0.25, 0.3) is 0 Å². The van der Waals surface area contributed by atoms with Crippen molar-refractivity contribution < 1.29 is 19.1 Å². The molecule has 1 heterocycles. The number of nitrogens with zero attached hydrogens (tertiary/aromatic N) is 1. The van der Waals surface area contributed by atoms with E-state index in [9.17, 15) is 9.59 Å². The van der Waals surface area contributed by atoms with Gasteiger partial charge in [-0.2, -0.15) is 0 Å². The zero-order valence-corrected chi connectivity index (χ0v) is 16.7. The van der Waals surface area contributed by atoms with Crippen molar-refractivity contribution in [3.63, 3.8) is 0 Å². The lowest BCUT2D eigenvalue weighted by Gasteiger charge is -2.28. The fourth-order valence-electron chi connectivity index (χ4n) is 3.18. The summed E-state index contributed by atoms with van der Waals surface area (Å²) in [4.78, 5) is 26.0. The summed E-state index contributed by atoms with van der Waals surface area (Å²) in [6.07, 6.45) is 0.823. The predicted molar refractivity (Wildman–Crippen MR) is 107 cm³/mol. The lowest BCUT2D eigenvalue weighted by Crippen LogP contribution is -2.38. The van der Waals surface area contributed by atoms with Crippen molar-refractivity contribution in [2.24, 2.45) is 0 Å². The Morgan fingerprint density at radius 3 is 2.32 bits per heavy atom. The number of amides is 1. The summed E-state index contributed by atoms with van der Waals surface area (Å²) in [7, 11) is 0. The van der Waals surface area contributed by atoms with Gasteiger partial charge in [-0.3, -0.25) is 4.79 Å². The lowest BCUT2D eigenvalue weighted by molar-refractivity contribution is -0.154. The minimum absolute atomic E-state index is 0.0623. The Balaban J connectivity index is 1.42. The Morgan fingerprint density at radius 2 is 1.64 bits per heavy atom. The number of fused-ring (bicyclic) bond motifs is 1. The highest BCUT2D eigenvalue weighted by Gasteiger charge is 2.21. The number of carbonyl (C=O) groups is 2. The van der Waals surface area contributed by atoms with E-state index in [4.69, 9.17) is 9.47 Å². The SMILES string of the molecule is CC(C)(C)c1ccc(OCC(=O)OCC(=O)N2CCc3ccccc3C2)cc1. The fraction of sp³-hybridized carbons (Fsp3) is 0.391. The third kappa shape index (κ3) is 5.12. The molecule has 2 aromatic rings. The van der Waals surface area contributed by atoms with Crippen LogP contribution in [-0.4, -0.2) is 36.5 Å². The third-order valence-electron chi connectivity index (χ3n) is 4.92. The van der Waals surface area contributed by atoms with Gasteiger partial charge in [-0.25, -0.2) is 4.79 Å². The van der Waals surface area contributed by atoms with E-state index >= 15 is 0 Å². The number of rotatable bonds is 5. The number of esters is 1. The number of carbonyl (C=O) groups excluding carboxylic acids is 2. The highest BCUT2D eigenvalue weighted by atomic mass is 16.6. The van der Waals surface area contributed by atoms with Crippen molar-refractivity contribution in [3.05, 3.63) is 65.2 Å². The van der Waals surface area contributed by atoms with E-state index in [0.717, 1.165) is 12.0 Å². The second-order valence-corrected chi connectivity index (χ2v) is 8.06. The topological polar surface area (TPSA) is 55.8 Å². The maximum atomic E-state index is 12.3. The van der Waals surface area contributed by atoms with Crippen molar-refractivity contribution in [1.29, 1.82) is 0 Å². The van der Waals surface area contributed by atoms with E-state index < -0.39 is 5.97 Å². The first-order valence-electron chi connectivity index (χ1n) is 9.56. The summed E-state index contributed by atoms with van der Waals surface area (Å²) in [6.45, 7) is 7.14. The van der Waals surface area contributed by atoms with Crippen molar-refractivity contribution in [2.45, 2.75) is 39.2 Å². The van der Waals surface area contributed by atoms with Gasteiger partial charge in [0.1, 0.15) is 5.75 Å². The molecule has 0 saturated carbocycles. The normalized spacial score (nSPS) is 13.6. The monoisotopic (exact) mass is 381 g/mol. The Hall–Kier alpha value is -2.82. The first-order valence-corrected chi connectivity index (χ1v) is 9.56. The summed E-state index contributed by atoms with van der Waals surface area (Å²) in [5.74, 6) is -0.132. The summed E-state index contributed by atoms with van der Waals surface area (Å²) >= 11 is 0. The van der Waals surface area contributed by atoms with Crippen molar-refractivity contribution in [2.75, 3.05) is 19.8 Å². The van der Waals surface area contributed by atoms with Crippen LogP contribution in [0.1, 0.15) is 37.5 Å². The van der Waals surface area contributed by atoms with Crippen LogP contribution in [0.2, 0.25) is 0 Å². The second kappa shape index (κ2) is 8.46. The largest absolute Gasteiger partial charge is 0.482 e. The number of benzene rings is 2. The van der Waals surface area contributed by atoms with Crippen LogP contribution in [0.15, 0.2) is 48.5 Å². The van der Waals surface area contributed by atoms with Gasteiger partial charge < -0.3 is 14.4 Å². The van der Waals surface area contributed by atoms with Gasteiger partial charge in [0.05, 0.1) is 0 Å². The minimum Gasteiger partial charge on any atom is -0.482 e. The van der Waals surface area contributed by atoms with Crippen LogP contribution in [0.4, 0.5) is 0 Å². The van der Waals surface area contributed by atoms with E-state index in [-0.39, 0.29) is 24.5 Å². The quantitative estimate of drug-likeness (QED) is 0.744. The average Bonchev–Trinajstić information content (AvgIpc) is 2.69. The molecule has 0 unspecified atom stereocenters. The maximum Gasteiger partial charge on any atom is 0.344 e. The highest BCUT2D eigenvalue weighted by Crippen LogP contribution is 2.24. The first kappa shape index (κ1) is 19.9. The van der Waals surface area contributed by atoms with Gasteiger partial charge in [-0.15, -0.1) is 0 Å². The molecular weight excluding hydrogens is 354 g/mol. The molecule has 0 atom stereocenters. The number of hydrogen-bond acceptors (Lipinski definition) is 4. The molecule has 0 aliphatic carbocycles. The smallest absolute Gasteiger partial charge is 0.344 e. The summed E-state index contributed by atoms with van der Waals surface area (Å²) in [5, 5.41) is 0. The van der Waals surface area contributed by atoms with Crippen molar-refractivity contribution >= 4 is 11.9 Å². The molecule has 0 saturated heterocycles. The molecular formula is C23H27NO4. The molecule has 1 aliphatic rings. The second-order valence-electron chi connectivity index (χ2n) is 8.06. The maximum absolute atomic E-state index is 12.3. The highest BCUT2D eigenvalue weighted by molar-refractivity contribution is 5.81. The van der Waals surface area contributed by atoms with Gasteiger partial charge >= 0.3 is 5.97 Å². The Morgan fingerprint density at radius 1 is 0.964 bits per heavy atom. The molecule has 28 heavy (non-hydrogen) atoms. The molecule has 0 bridgehead atoms. The molecule has 0 aromatic heterocycles. The van der Waals surface area contributed by atoms with Crippen molar-refractivity contribution in [3.8, 4) is 5.75 Å². The molecule has 0 spiro atoms. The Labute approximate surface area is 166 Å². The van der Waals surface area contributed by atoms with E-state index in [1.54, 1.807) is 4.90 Å². The Bertz CT molecular complexity index is 836. The molecule has 5 nitrogen and oxygen atoms in total. The van der Waals surface area contributed by atoms with Gasteiger partial charge in [-0.05, 0) is 40.7 Å². The molecule has 1 amide bonds. The van der Waals surface area contributed by atoms with Crippen LogP contribution in [0.5, 0.6) is 5.75 Å². The number of ether oxygens (including phenoxy) is 2. The van der Waals surface area contributed by atoms with Gasteiger partial charge in [0, 0.05) is 13.1 Å². The fourth-order valence-corrected chi connectivity index (χ4v) is 3.18. The third-order valence-corrected chi connectivity index (χ3v) is 4.92.